The molecule has 1 aliphatic heterocycles. The van der Waals surface area contributed by atoms with E-state index in [2.05, 4.69) is 15.9 Å². The smallest absolute Gasteiger partial charge is 0.345 e. The van der Waals surface area contributed by atoms with Gasteiger partial charge in [-0.1, -0.05) is 57.9 Å². The van der Waals surface area contributed by atoms with Gasteiger partial charge < -0.3 is 9.47 Å². The predicted octanol–water partition coefficient (Wildman–Crippen LogP) is 6.25. The number of carbonyl (C=O) groups is 2. The van der Waals surface area contributed by atoms with E-state index >= 15 is 0 Å². The average Bonchev–Trinajstić information content (AvgIpc) is 3.02. The van der Waals surface area contributed by atoms with Crippen molar-refractivity contribution in [2.24, 2.45) is 0 Å². The molecular formula is C23H14BrClO4. The summed E-state index contributed by atoms with van der Waals surface area (Å²) in [4.78, 5) is 25.2. The number of allylic oxidation sites excluding steroid dienone is 1. The van der Waals surface area contributed by atoms with Crippen LogP contribution in [0.15, 0.2) is 70.9 Å². The summed E-state index contributed by atoms with van der Waals surface area (Å²) >= 11 is 9.53. The average molecular weight is 470 g/mol. The van der Waals surface area contributed by atoms with Gasteiger partial charge in [0.15, 0.2) is 5.76 Å². The molecule has 1 aliphatic rings. The molecule has 0 amide bonds. The topological polar surface area (TPSA) is 52.6 Å². The van der Waals surface area contributed by atoms with Gasteiger partial charge in [0.2, 0.25) is 5.78 Å². The van der Waals surface area contributed by atoms with E-state index in [1.807, 2.05) is 24.3 Å². The SMILES string of the molecule is Cc1c(OC(=O)c2ccccc2Cl)ccc2c1O/C(=C\c1ccccc1Br)C2=O. The number of ketones is 1. The summed E-state index contributed by atoms with van der Waals surface area (Å²) in [5.74, 6) is 0.112. The van der Waals surface area contributed by atoms with Crippen LogP contribution in [0.4, 0.5) is 0 Å². The molecule has 0 saturated heterocycles. The third-order valence-electron chi connectivity index (χ3n) is 4.52. The third-order valence-corrected chi connectivity index (χ3v) is 5.58. The summed E-state index contributed by atoms with van der Waals surface area (Å²) in [6.07, 6.45) is 1.68. The molecule has 0 aromatic heterocycles. The van der Waals surface area contributed by atoms with Crippen LogP contribution in [0.2, 0.25) is 5.02 Å². The minimum absolute atomic E-state index is 0.213. The van der Waals surface area contributed by atoms with E-state index in [0.717, 1.165) is 10.0 Å². The van der Waals surface area contributed by atoms with Gasteiger partial charge in [0.05, 0.1) is 16.1 Å². The van der Waals surface area contributed by atoms with Crippen LogP contribution in [-0.2, 0) is 0 Å². The highest BCUT2D eigenvalue weighted by Crippen LogP contribution is 2.40. The molecule has 0 spiro atoms. The third kappa shape index (κ3) is 3.71. The first-order valence-electron chi connectivity index (χ1n) is 8.75. The number of ether oxygens (including phenoxy) is 2. The van der Waals surface area contributed by atoms with Gasteiger partial charge in [-0.15, -0.1) is 0 Å². The first kappa shape index (κ1) is 19.4. The zero-order chi connectivity index (χ0) is 20.5. The Morgan fingerprint density at radius 3 is 2.55 bits per heavy atom. The lowest BCUT2D eigenvalue weighted by Crippen LogP contribution is -2.10. The second kappa shape index (κ2) is 7.85. The minimum atomic E-state index is -0.577. The monoisotopic (exact) mass is 468 g/mol. The number of hydrogen-bond donors (Lipinski definition) is 0. The molecule has 0 bridgehead atoms. The van der Waals surface area contributed by atoms with Gasteiger partial charge in [-0.05, 0) is 48.9 Å². The van der Waals surface area contributed by atoms with Gasteiger partial charge in [0.1, 0.15) is 11.5 Å². The number of fused-ring (bicyclic) bond motifs is 1. The molecule has 3 aromatic rings. The Bertz CT molecular complexity index is 1180. The molecule has 4 rings (SSSR count). The van der Waals surface area contributed by atoms with Crippen LogP contribution < -0.4 is 9.47 Å². The van der Waals surface area contributed by atoms with Crippen molar-refractivity contribution in [3.05, 3.63) is 98.2 Å². The number of halogens is 2. The first-order chi connectivity index (χ1) is 14.0. The zero-order valence-corrected chi connectivity index (χ0v) is 17.6. The Kier molecular flexibility index (Phi) is 5.26. The van der Waals surface area contributed by atoms with E-state index in [1.165, 1.54) is 0 Å². The van der Waals surface area contributed by atoms with Crippen molar-refractivity contribution in [3.63, 3.8) is 0 Å². The Morgan fingerprint density at radius 2 is 1.79 bits per heavy atom. The van der Waals surface area contributed by atoms with Crippen LogP contribution in [0.1, 0.15) is 31.8 Å². The molecule has 0 aliphatic carbocycles. The highest BCUT2D eigenvalue weighted by molar-refractivity contribution is 9.10. The van der Waals surface area contributed by atoms with Gasteiger partial charge in [0, 0.05) is 10.0 Å². The van der Waals surface area contributed by atoms with Crippen molar-refractivity contribution >= 4 is 45.4 Å². The van der Waals surface area contributed by atoms with Crippen molar-refractivity contribution in [2.45, 2.75) is 6.92 Å². The molecule has 0 fully saturated rings. The van der Waals surface area contributed by atoms with E-state index in [9.17, 15) is 9.59 Å². The Labute approximate surface area is 180 Å². The molecule has 6 heteroatoms. The lowest BCUT2D eigenvalue weighted by molar-refractivity contribution is 0.0733. The van der Waals surface area contributed by atoms with E-state index in [0.29, 0.717) is 27.6 Å². The quantitative estimate of drug-likeness (QED) is 0.259. The summed E-state index contributed by atoms with van der Waals surface area (Å²) in [5.41, 5.74) is 2.08. The standard InChI is InChI=1S/C23H14BrClO4/c1-13-19(29-23(27)15-7-3-5-9-18(15)25)11-10-16-21(26)20(28-22(13)16)12-14-6-2-4-8-17(14)24/h2-12H,1H3/b20-12-. The van der Waals surface area contributed by atoms with E-state index in [1.54, 1.807) is 49.4 Å². The minimum Gasteiger partial charge on any atom is -0.452 e. The first-order valence-corrected chi connectivity index (χ1v) is 9.92. The van der Waals surface area contributed by atoms with Crippen molar-refractivity contribution in [1.29, 1.82) is 0 Å². The van der Waals surface area contributed by atoms with Gasteiger partial charge in [-0.25, -0.2) is 4.79 Å². The summed E-state index contributed by atoms with van der Waals surface area (Å²) in [7, 11) is 0. The van der Waals surface area contributed by atoms with Crippen LogP contribution >= 0.6 is 27.5 Å². The van der Waals surface area contributed by atoms with E-state index in [-0.39, 0.29) is 17.1 Å². The predicted molar refractivity (Wildman–Crippen MR) is 115 cm³/mol. The van der Waals surface area contributed by atoms with Crippen LogP contribution in [-0.4, -0.2) is 11.8 Å². The van der Waals surface area contributed by atoms with Gasteiger partial charge in [-0.2, -0.15) is 0 Å². The molecule has 0 radical (unpaired) electrons. The Hall–Kier alpha value is -2.89. The van der Waals surface area contributed by atoms with Crippen LogP contribution in [0, 0.1) is 6.92 Å². The fourth-order valence-corrected chi connectivity index (χ4v) is 3.61. The highest BCUT2D eigenvalue weighted by atomic mass is 79.9. The molecule has 1 heterocycles. The zero-order valence-electron chi connectivity index (χ0n) is 15.2. The lowest BCUT2D eigenvalue weighted by Gasteiger charge is -2.10. The molecule has 0 saturated carbocycles. The molecule has 3 aromatic carbocycles. The van der Waals surface area contributed by atoms with Crippen molar-refractivity contribution in [2.75, 3.05) is 0 Å². The molecule has 0 N–H and O–H groups in total. The second-order valence-corrected chi connectivity index (χ2v) is 7.66. The molecule has 0 unspecified atom stereocenters. The summed E-state index contributed by atoms with van der Waals surface area (Å²) in [6, 6.07) is 17.4. The normalized spacial score (nSPS) is 13.9. The van der Waals surface area contributed by atoms with Gasteiger partial charge in [-0.3, -0.25) is 4.79 Å². The number of hydrogen-bond acceptors (Lipinski definition) is 4. The Balaban J connectivity index is 1.64. The van der Waals surface area contributed by atoms with E-state index < -0.39 is 5.97 Å². The summed E-state index contributed by atoms with van der Waals surface area (Å²) < 4.78 is 12.2. The van der Waals surface area contributed by atoms with Crippen molar-refractivity contribution in [1.82, 2.24) is 0 Å². The number of rotatable bonds is 3. The molecular weight excluding hydrogens is 456 g/mol. The molecule has 4 nitrogen and oxygen atoms in total. The van der Waals surface area contributed by atoms with Gasteiger partial charge >= 0.3 is 5.97 Å². The number of Topliss-reactive ketones (excluding diaryl/α,β-unsaturated/α-hetero) is 1. The fourth-order valence-electron chi connectivity index (χ4n) is 2.99. The molecule has 144 valence electrons. The van der Waals surface area contributed by atoms with Crippen molar-refractivity contribution in [3.8, 4) is 11.5 Å². The van der Waals surface area contributed by atoms with Gasteiger partial charge in [0.25, 0.3) is 0 Å². The summed E-state index contributed by atoms with van der Waals surface area (Å²) in [6.45, 7) is 1.74. The van der Waals surface area contributed by atoms with Crippen molar-refractivity contribution < 1.29 is 19.1 Å². The maximum Gasteiger partial charge on any atom is 0.345 e. The number of benzene rings is 3. The summed E-state index contributed by atoms with van der Waals surface area (Å²) in [5, 5.41) is 0.307. The largest absolute Gasteiger partial charge is 0.452 e. The van der Waals surface area contributed by atoms with Crippen LogP contribution in [0.25, 0.3) is 6.08 Å². The second-order valence-electron chi connectivity index (χ2n) is 6.40. The molecule has 29 heavy (non-hydrogen) atoms. The maximum atomic E-state index is 12.7. The molecule has 0 atom stereocenters. The number of carbonyl (C=O) groups excluding carboxylic acids is 2. The lowest BCUT2D eigenvalue weighted by atomic mass is 10.1. The van der Waals surface area contributed by atoms with E-state index in [4.69, 9.17) is 21.1 Å². The highest BCUT2D eigenvalue weighted by Gasteiger charge is 2.30. The maximum absolute atomic E-state index is 12.7. The fraction of sp³-hybridized carbons (Fsp3) is 0.0435. The number of esters is 1. The van der Waals surface area contributed by atoms with Crippen LogP contribution in [0.5, 0.6) is 11.5 Å². The van der Waals surface area contributed by atoms with Crippen LogP contribution in [0.3, 0.4) is 0 Å². The Morgan fingerprint density at radius 1 is 1.07 bits per heavy atom.